The molecule has 1 amide bonds. The Morgan fingerprint density at radius 1 is 0.347 bits per heavy atom. The monoisotopic (exact) mass is 998 g/mol. The van der Waals surface area contributed by atoms with Crippen LogP contribution in [0.1, 0.15) is 296 Å². The summed E-state index contributed by atoms with van der Waals surface area (Å²) in [5, 5.41) is 23.2. The minimum atomic E-state index is -0.877. The van der Waals surface area contributed by atoms with Crippen molar-refractivity contribution in [1.29, 1.82) is 0 Å². The minimum absolute atomic E-state index is 0.0869. The third kappa shape index (κ3) is 57.9. The van der Waals surface area contributed by atoms with Crippen LogP contribution in [0.5, 0.6) is 0 Å². The first kappa shape index (κ1) is 69.0. The zero-order valence-corrected chi connectivity index (χ0v) is 47.7. The van der Waals surface area contributed by atoms with Crippen molar-refractivity contribution in [2.24, 2.45) is 0 Å². The van der Waals surface area contributed by atoms with E-state index < -0.39 is 12.1 Å². The summed E-state index contributed by atoms with van der Waals surface area (Å²) in [6, 6.07) is -0.655. The molecule has 2 unspecified atom stereocenters. The number of hydrogen-bond donors (Lipinski definition) is 3. The third-order valence-corrected chi connectivity index (χ3v) is 13.7. The zero-order chi connectivity index (χ0) is 52.0. The Balaban J connectivity index is 3.58. The number of aliphatic hydroxyl groups excluding tert-OH is 2. The van der Waals surface area contributed by atoms with Crippen LogP contribution in [0.2, 0.25) is 0 Å². The number of amides is 1. The van der Waals surface area contributed by atoms with Crippen LogP contribution in [0.3, 0.4) is 0 Å². The van der Waals surface area contributed by atoms with Gasteiger partial charge in [0, 0.05) is 6.42 Å². The summed E-state index contributed by atoms with van der Waals surface area (Å²) in [4.78, 5) is 12.5. The van der Waals surface area contributed by atoms with Gasteiger partial charge in [0.2, 0.25) is 5.91 Å². The zero-order valence-electron chi connectivity index (χ0n) is 47.7. The normalized spacial score (nSPS) is 13.6. The molecule has 0 spiro atoms. The topological polar surface area (TPSA) is 69.6 Å². The lowest BCUT2D eigenvalue weighted by molar-refractivity contribution is -0.123. The lowest BCUT2D eigenvalue weighted by atomic mass is 10.0. The molecule has 0 bridgehead atoms. The van der Waals surface area contributed by atoms with Gasteiger partial charge in [-0.2, -0.15) is 0 Å². The molecule has 0 aromatic heterocycles. The maximum absolute atomic E-state index is 12.5. The number of nitrogens with one attached hydrogen (secondary N) is 1. The van der Waals surface area contributed by atoms with E-state index in [1.165, 1.54) is 186 Å². The number of carbonyl (C=O) groups excluding carboxylic acids is 1. The molecular weight excluding hydrogens is 879 g/mol. The lowest BCUT2D eigenvalue weighted by Crippen LogP contribution is -2.45. The van der Waals surface area contributed by atoms with Crippen LogP contribution in [0.25, 0.3) is 0 Å². The van der Waals surface area contributed by atoms with Crippen molar-refractivity contribution in [3.05, 3.63) is 109 Å². The summed E-state index contributed by atoms with van der Waals surface area (Å²) in [6.45, 7) is 4.20. The molecule has 0 radical (unpaired) electrons. The number of aliphatic hydroxyl groups is 2. The number of rotatable bonds is 56. The average Bonchev–Trinajstić information content (AvgIpc) is 3.39. The summed E-state index contributed by atoms with van der Waals surface area (Å²) < 4.78 is 0. The lowest BCUT2D eigenvalue weighted by Gasteiger charge is -2.19. The molecule has 0 fully saturated rings. The molecular formula is C68H119NO3. The quantitative estimate of drug-likeness (QED) is 0.0420. The SMILES string of the molecule is CC/C=C\C/C=C\C/C=C\C/C=C\C/C=C\C/C=C\C/C=C\CCCCCCCCCC(=O)NC(CO)C(O)/C=C/CC/C=C/CCCCCCCCCCCCCCCCCCCCCCCCCCC. The summed E-state index contributed by atoms with van der Waals surface area (Å²) in [6.07, 6.45) is 94.2. The van der Waals surface area contributed by atoms with Gasteiger partial charge in [-0.3, -0.25) is 4.79 Å². The average molecular weight is 999 g/mol. The van der Waals surface area contributed by atoms with Crippen LogP contribution in [0.15, 0.2) is 109 Å². The second-order valence-electron chi connectivity index (χ2n) is 20.7. The first-order chi connectivity index (χ1) is 35.7. The van der Waals surface area contributed by atoms with Crippen molar-refractivity contribution in [2.45, 2.75) is 309 Å². The predicted octanol–water partition coefficient (Wildman–Crippen LogP) is 21.0. The highest BCUT2D eigenvalue weighted by Gasteiger charge is 2.18. The number of carbonyl (C=O) groups is 1. The highest BCUT2D eigenvalue weighted by molar-refractivity contribution is 5.76. The van der Waals surface area contributed by atoms with Gasteiger partial charge in [0.25, 0.3) is 0 Å². The van der Waals surface area contributed by atoms with Crippen LogP contribution in [-0.4, -0.2) is 34.9 Å². The van der Waals surface area contributed by atoms with E-state index in [0.29, 0.717) is 6.42 Å². The first-order valence-corrected chi connectivity index (χ1v) is 31.1. The Morgan fingerprint density at radius 3 is 0.972 bits per heavy atom. The fraction of sp³-hybridized carbons (Fsp3) is 0.721. The summed E-state index contributed by atoms with van der Waals surface area (Å²) in [5.41, 5.74) is 0. The molecule has 0 saturated carbocycles. The van der Waals surface area contributed by atoms with Crippen molar-refractivity contribution in [3.8, 4) is 0 Å². The second-order valence-corrected chi connectivity index (χ2v) is 20.7. The molecule has 4 nitrogen and oxygen atoms in total. The van der Waals surface area contributed by atoms with Gasteiger partial charge in [-0.15, -0.1) is 0 Å². The largest absolute Gasteiger partial charge is 0.394 e. The highest BCUT2D eigenvalue weighted by atomic mass is 16.3. The molecule has 0 rings (SSSR count). The van der Waals surface area contributed by atoms with E-state index in [1.54, 1.807) is 6.08 Å². The Labute approximate surface area is 448 Å². The summed E-state index contributed by atoms with van der Waals surface area (Å²) in [5.74, 6) is -0.0869. The van der Waals surface area contributed by atoms with E-state index in [2.05, 4.69) is 116 Å². The van der Waals surface area contributed by atoms with Gasteiger partial charge in [0.15, 0.2) is 0 Å². The van der Waals surface area contributed by atoms with Gasteiger partial charge in [-0.05, 0) is 89.9 Å². The Kier molecular flexibility index (Phi) is 59.8. The number of allylic oxidation sites excluding steroid dienone is 17. The number of hydrogen-bond acceptors (Lipinski definition) is 3. The molecule has 414 valence electrons. The van der Waals surface area contributed by atoms with E-state index in [4.69, 9.17) is 0 Å². The maximum atomic E-state index is 12.5. The molecule has 0 aliphatic carbocycles. The van der Waals surface area contributed by atoms with E-state index in [-0.39, 0.29) is 12.5 Å². The van der Waals surface area contributed by atoms with Gasteiger partial charge in [-0.1, -0.05) is 309 Å². The van der Waals surface area contributed by atoms with Crippen LogP contribution in [-0.2, 0) is 4.79 Å². The molecule has 0 heterocycles. The van der Waals surface area contributed by atoms with Crippen molar-refractivity contribution in [2.75, 3.05) is 6.61 Å². The molecule has 4 heteroatoms. The van der Waals surface area contributed by atoms with Gasteiger partial charge < -0.3 is 15.5 Å². The first-order valence-electron chi connectivity index (χ1n) is 31.1. The molecule has 0 aromatic rings. The van der Waals surface area contributed by atoms with E-state index in [1.807, 2.05) is 6.08 Å². The Hall–Kier alpha value is -2.95. The fourth-order valence-electron chi connectivity index (χ4n) is 9.06. The molecule has 0 saturated heterocycles. The Bertz CT molecular complexity index is 1360. The van der Waals surface area contributed by atoms with Gasteiger partial charge in [0.05, 0.1) is 18.8 Å². The molecule has 0 aliphatic rings. The minimum Gasteiger partial charge on any atom is -0.394 e. The predicted molar refractivity (Wildman–Crippen MR) is 322 cm³/mol. The van der Waals surface area contributed by atoms with Crippen molar-refractivity contribution in [3.63, 3.8) is 0 Å². The molecule has 0 aliphatic heterocycles. The fourth-order valence-corrected chi connectivity index (χ4v) is 9.06. The van der Waals surface area contributed by atoms with Crippen LogP contribution in [0.4, 0.5) is 0 Å². The van der Waals surface area contributed by atoms with E-state index in [9.17, 15) is 15.0 Å². The second kappa shape index (κ2) is 62.3. The highest BCUT2D eigenvalue weighted by Crippen LogP contribution is 2.17. The maximum Gasteiger partial charge on any atom is 0.220 e. The van der Waals surface area contributed by atoms with Crippen LogP contribution >= 0.6 is 0 Å². The third-order valence-electron chi connectivity index (χ3n) is 13.7. The molecule has 72 heavy (non-hydrogen) atoms. The summed E-state index contributed by atoms with van der Waals surface area (Å²) in [7, 11) is 0. The van der Waals surface area contributed by atoms with E-state index in [0.717, 1.165) is 89.9 Å². The molecule has 2 atom stereocenters. The standard InChI is InChI=1S/C68H119NO3/c1-3-5-7-9-11-13-15-17-19-21-23-25-27-29-31-33-34-36-37-39-41-43-45-47-49-51-53-55-57-59-61-63-67(71)66(65-70)69-68(72)64-62-60-58-56-54-52-50-48-46-44-42-40-38-35-32-30-28-26-24-22-20-18-16-14-12-10-8-6-4-2/h6,8,12,14,18,20,24,26,30,32,38,40,44,46,53,55,61,63,66-67,70-71H,3-5,7,9-11,13,15-17,19,21-23,25,27-29,31,33-37,39,41-43,45,47-52,54,56-60,62,64-65H2,1-2H3,(H,69,72)/b8-6-,14-12-,20-18-,26-24-,32-30-,40-38-,46-44-,55-53+,63-61+. The molecule has 0 aromatic carbocycles. The van der Waals surface area contributed by atoms with Crippen molar-refractivity contribution < 1.29 is 15.0 Å². The van der Waals surface area contributed by atoms with Gasteiger partial charge >= 0.3 is 0 Å². The van der Waals surface area contributed by atoms with E-state index >= 15 is 0 Å². The van der Waals surface area contributed by atoms with Crippen molar-refractivity contribution in [1.82, 2.24) is 5.32 Å². The molecule has 3 N–H and O–H groups in total. The van der Waals surface area contributed by atoms with Crippen LogP contribution in [0, 0.1) is 0 Å². The smallest absolute Gasteiger partial charge is 0.220 e. The van der Waals surface area contributed by atoms with Crippen LogP contribution < -0.4 is 5.32 Å². The summed E-state index contributed by atoms with van der Waals surface area (Å²) >= 11 is 0. The van der Waals surface area contributed by atoms with Crippen molar-refractivity contribution >= 4 is 5.91 Å². The van der Waals surface area contributed by atoms with Gasteiger partial charge in [0.1, 0.15) is 0 Å². The van der Waals surface area contributed by atoms with Gasteiger partial charge in [-0.25, -0.2) is 0 Å². The number of unbranched alkanes of at least 4 members (excludes halogenated alkanes) is 33. The Morgan fingerprint density at radius 2 is 0.625 bits per heavy atom.